The van der Waals surface area contributed by atoms with Gasteiger partial charge < -0.3 is 24.8 Å². The molecule has 4 heterocycles. The number of nitrogens with one attached hydrogen (secondary N) is 1. The molecule has 0 radical (unpaired) electrons. The Bertz CT molecular complexity index is 650. The van der Waals surface area contributed by atoms with Crippen LogP contribution in [0.3, 0.4) is 0 Å². The minimum Gasteiger partial charge on any atom is -0.376 e. The zero-order valence-corrected chi connectivity index (χ0v) is 16.8. The summed E-state index contributed by atoms with van der Waals surface area (Å²) < 4.78 is 5.60. The fourth-order valence-corrected chi connectivity index (χ4v) is 4.35. The van der Waals surface area contributed by atoms with Crippen LogP contribution in [0.15, 0.2) is 12.5 Å². The third-order valence-electron chi connectivity index (χ3n) is 6.21. The van der Waals surface area contributed by atoms with Gasteiger partial charge in [0.05, 0.1) is 18.0 Å². The van der Waals surface area contributed by atoms with Crippen molar-refractivity contribution in [1.29, 1.82) is 0 Å². The Balaban J connectivity index is 1.32. The lowest BCUT2D eigenvalue weighted by atomic mass is 9.95. The number of piperidine rings is 1. The number of nitrogens with zero attached hydrogens (tertiary/aromatic N) is 5. The molecule has 3 aliphatic heterocycles. The summed E-state index contributed by atoms with van der Waals surface area (Å²) in [4.78, 5) is 28.4. The molecule has 28 heavy (non-hydrogen) atoms. The molecule has 0 spiro atoms. The minimum absolute atomic E-state index is 0.0920. The van der Waals surface area contributed by atoms with Crippen molar-refractivity contribution in [2.45, 2.75) is 31.8 Å². The van der Waals surface area contributed by atoms with Crippen LogP contribution < -0.4 is 15.1 Å². The topological polar surface area (TPSA) is 73.8 Å². The summed E-state index contributed by atoms with van der Waals surface area (Å²) in [6, 6.07) is 0. The molecule has 1 N–H and O–H groups in total. The SMILES string of the molecule is CN1CCN(c2ncncc2N2CCC(C(=O)NC[C@H]3CCCO3)CC2)CC1. The molecule has 0 aliphatic carbocycles. The first-order valence-electron chi connectivity index (χ1n) is 10.6. The van der Waals surface area contributed by atoms with E-state index in [2.05, 4.69) is 37.0 Å². The van der Waals surface area contributed by atoms with Crippen molar-refractivity contribution in [1.82, 2.24) is 20.2 Å². The molecular weight excluding hydrogens is 356 g/mol. The maximum atomic E-state index is 12.5. The molecule has 3 fully saturated rings. The van der Waals surface area contributed by atoms with Gasteiger partial charge in [0.2, 0.25) is 5.91 Å². The van der Waals surface area contributed by atoms with Crippen molar-refractivity contribution >= 4 is 17.4 Å². The Labute approximate surface area is 167 Å². The number of rotatable bonds is 5. The van der Waals surface area contributed by atoms with Crippen molar-refractivity contribution in [3.63, 3.8) is 0 Å². The van der Waals surface area contributed by atoms with Gasteiger partial charge in [-0.2, -0.15) is 0 Å². The highest BCUT2D eigenvalue weighted by atomic mass is 16.5. The van der Waals surface area contributed by atoms with Crippen LogP contribution in [0, 0.1) is 5.92 Å². The van der Waals surface area contributed by atoms with E-state index in [0.29, 0.717) is 6.54 Å². The molecule has 0 bridgehead atoms. The number of piperazine rings is 1. The number of ether oxygens (including phenoxy) is 1. The molecule has 4 rings (SSSR count). The summed E-state index contributed by atoms with van der Waals surface area (Å²) in [5.74, 6) is 1.30. The van der Waals surface area contributed by atoms with E-state index in [-0.39, 0.29) is 17.9 Å². The van der Waals surface area contributed by atoms with Crippen molar-refractivity contribution in [3.8, 4) is 0 Å². The van der Waals surface area contributed by atoms with E-state index in [1.165, 1.54) is 0 Å². The molecule has 3 saturated heterocycles. The highest BCUT2D eigenvalue weighted by Gasteiger charge is 2.28. The van der Waals surface area contributed by atoms with Crippen LogP contribution in [0.5, 0.6) is 0 Å². The van der Waals surface area contributed by atoms with Gasteiger partial charge in [0.15, 0.2) is 5.82 Å². The lowest BCUT2D eigenvalue weighted by molar-refractivity contribution is -0.126. The third kappa shape index (κ3) is 4.55. The van der Waals surface area contributed by atoms with Gasteiger partial charge in [-0.1, -0.05) is 0 Å². The number of hydrogen-bond acceptors (Lipinski definition) is 7. The maximum absolute atomic E-state index is 12.5. The second-order valence-corrected chi connectivity index (χ2v) is 8.16. The van der Waals surface area contributed by atoms with E-state index in [0.717, 1.165) is 83.1 Å². The molecule has 0 aromatic carbocycles. The fraction of sp³-hybridized carbons (Fsp3) is 0.750. The van der Waals surface area contributed by atoms with Crippen LogP contribution in [-0.2, 0) is 9.53 Å². The summed E-state index contributed by atoms with van der Waals surface area (Å²) in [7, 11) is 2.16. The summed E-state index contributed by atoms with van der Waals surface area (Å²) in [6.07, 6.45) is 7.68. The Hall–Kier alpha value is -1.93. The first-order chi connectivity index (χ1) is 13.7. The number of anilines is 2. The molecule has 8 heteroatoms. The van der Waals surface area contributed by atoms with E-state index in [9.17, 15) is 4.79 Å². The average Bonchev–Trinajstić information content (AvgIpc) is 3.26. The number of likely N-dealkylation sites (N-methyl/N-ethyl adjacent to an activating group) is 1. The maximum Gasteiger partial charge on any atom is 0.223 e. The summed E-state index contributed by atoms with van der Waals surface area (Å²) in [6.45, 7) is 7.29. The van der Waals surface area contributed by atoms with Crippen LogP contribution in [0.2, 0.25) is 0 Å². The number of amides is 1. The molecular formula is C20H32N6O2. The van der Waals surface area contributed by atoms with E-state index in [1.54, 1.807) is 6.33 Å². The van der Waals surface area contributed by atoms with Crippen molar-refractivity contribution < 1.29 is 9.53 Å². The first kappa shape index (κ1) is 19.4. The smallest absolute Gasteiger partial charge is 0.223 e. The monoisotopic (exact) mass is 388 g/mol. The third-order valence-corrected chi connectivity index (χ3v) is 6.21. The minimum atomic E-state index is 0.0920. The van der Waals surface area contributed by atoms with Gasteiger partial charge in [-0.05, 0) is 32.7 Å². The van der Waals surface area contributed by atoms with Gasteiger partial charge >= 0.3 is 0 Å². The first-order valence-corrected chi connectivity index (χ1v) is 10.6. The van der Waals surface area contributed by atoms with Gasteiger partial charge in [-0.25, -0.2) is 9.97 Å². The number of carbonyl (C=O) groups is 1. The van der Waals surface area contributed by atoms with Crippen LogP contribution in [0.25, 0.3) is 0 Å². The van der Waals surface area contributed by atoms with Crippen LogP contribution in [-0.4, -0.2) is 86.3 Å². The summed E-state index contributed by atoms with van der Waals surface area (Å²) in [5.41, 5.74) is 1.10. The van der Waals surface area contributed by atoms with Crippen LogP contribution >= 0.6 is 0 Å². The van der Waals surface area contributed by atoms with E-state index in [1.807, 2.05) is 6.20 Å². The molecule has 1 aromatic heterocycles. The quantitative estimate of drug-likeness (QED) is 0.797. The Morgan fingerprint density at radius 1 is 1.14 bits per heavy atom. The molecule has 0 unspecified atom stereocenters. The van der Waals surface area contributed by atoms with Gasteiger partial charge in [0, 0.05) is 58.3 Å². The van der Waals surface area contributed by atoms with Crippen molar-refractivity contribution in [2.24, 2.45) is 5.92 Å². The van der Waals surface area contributed by atoms with Gasteiger partial charge in [0.1, 0.15) is 6.33 Å². The average molecular weight is 389 g/mol. The summed E-state index contributed by atoms with van der Waals surface area (Å²) >= 11 is 0. The zero-order valence-electron chi connectivity index (χ0n) is 16.8. The fourth-order valence-electron chi connectivity index (χ4n) is 4.35. The standard InChI is InChI=1S/C20H32N6O2/c1-24-8-10-26(11-9-24)19-18(14-21-15-23-19)25-6-4-16(5-7-25)20(27)22-13-17-3-2-12-28-17/h14-17H,2-13H2,1H3,(H,22,27)/t17-/m1/s1. The highest BCUT2D eigenvalue weighted by molar-refractivity contribution is 5.79. The van der Waals surface area contributed by atoms with Crippen LogP contribution in [0.1, 0.15) is 25.7 Å². The van der Waals surface area contributed by atoms with Crippen LogP contribution in [0.4, 0.5) is 11.5 Å². The molecule has 3 aliphatic rings. The lowest BCUT2D eigenvalue weighted by Crippen LogP contribution is -2.46. The van der Waals surface area contributed by atoms with Gasteiger partial charge in [-0.3, -0.25) is 4.79 Å². The van der Waals surface area contributed by atoms with E-state index in [4.69, 9.17) is 4.74 Å². The molecule has 1 amide bonds. The number of aromatic nitrogens is 2. The highest BCUT2D eigenvalue weighted by Crippen LogP contribution is 2.30. The normalized spacial score (nSPS) is 24.5. The zero-order chi connectivity index (χ0) is 19.3. The second kappa shape index (κ2) is 9.05. The molecule has 1 atom stereocenters. The molecule has 0 saturated carbocycles. The molecule has 154 valence electrons. The molecule has 1 aromatic rings. The van der Waals surface area contributed by atoms with E-state index < -0.39 is 0 Å². The molecule has 8 nitrogen and oxygen atoms in total. The van der Waals surface area contributed by atoms with E-state index >= 15 is 0 Å². The Kier molecular flexibility index (Phi) is 6.26. The van der Waals surface area contributed by atoms with Gasteiger partial charge in [0.25, 0.3) is 0 Å². The predicted molar refractivity (Wildman–Crippen MR) is 109 cm³/mol. The number of carbonyl (C=O) groups excluding carboxylic acids is 1. The largest absolute Gasteiger partial charge is 0.376 e. The summed E-state index contributed by atoms with van der Waals surface area (Å²) in [5, 5.41) is 3.10. The van der Waals surface area contributed by atoms with Gasteiger partial charge in [-0.15, -0.1) is 0 Å². The second-order valence-electron chi connectivity index (χ2n) is 8.16. The number of hydrogen-bond donors (Lipinski definition) is 1. The lowest BCUT2D eigenvalue weighted by Gasteiger charge is -2.38. The van der Waals surface area contributed by atoms with Crippen molar-refractivity contribution in [2.75, 3.05) is 69.3 Å². The Morgan fingerprint density at radius 2 is 1.93 bits per heavy atom. The predicted octanol–water partition coefficient (Wildman–Crippen LogP) is 0.740. The van der Waals surface area contributed by atoms with Crippen molar-refractivity contribution in [3.05, 3.63) is 12.5 Å². The Morgan fingerprint density at radius 3 is 2.64 bits per heavy atom.